The molecule has 3 amide bonds. The number of nitrogens with zero attached hydrogens (tertiary/aromatic N) is 2. The lowest BCUT2D eigenvalue weighted by atomic mass is 9.85. The summed E-state index contributed by atoms with van der Waals surface area (Å²) >= 11 is 1.58. The molecule has 0 spiro atoms. The predicted octanol–water partition coefficient (Wildman–Crippen LogP) is 4.06. The molecule has 36 heavy (non-hydrogen) atoms. The summed E-state index contributed by atoms with van der Waals surface area (Å²) in [5.74, 6) is 0.0317. The fourth-order valence-electron chi connectivity index (χ4n) is 4.41. The van der Waals surface area contributed by atoms with E-state index in [1.807, 2.05) is 65.3 Å². The molecule has 8 nitrogen and oxygen atoms in total. The van der Waals surface area contributed by atoms with Crippen LogP contribution in [0.25, 0.3) is 10.4 Å². The molecule has 2 aromatic rings. The van der Waals surface area contributed by atoms with Gasteiger partial charge in [0.2, 0.25) is 17.7 Å². The van der Waals surface area contributed by atoms with Crippen LogP contribution in [0.1, 0.15) is 65.6 Å². The zero-order valence-electron chi connectivity index (χ0n) is 22.3. The number of hydrogen-bond donors (Lipinski definition) is 2. The van der Waals surface area contributed by atoms with Gasteiger partial charge in [0, 0.05) is 25.6 Å². The average molecular weight is 515 g/mol. The summed E-state index contributed by atoms with van der Waals surface area (Å²) < 4.78 is 6.08. The molecule has 2 heterocycles. The highest BCUT2D eigenvalue weighted by atomic mass is 32.1. The van der Waals surface area contributed by atoms with Crippen LogP contribution in [0, 0.1) is 12.3 Å². The van der Waals surface area contributed by atoms with E-state index in [0.717, 1.165) is 28.1 Å². The van der Waals surface area contributed by atoms with E-state index in [0.29, 0.717) is 18.7 Å². The monoisotopic (exact) mass is 514 g/mol. The third-order valence-corrected chi connectivity index (χ3v) is 7.17. The normalized spacial score (nSPS) is 16.7. The Kier molecular flexibility index (Phi) is 8.76. The number of hydrogen-bond acceptors (Lipinski definition) is 6. The van der Waals surface area contributed by atoms with Gasteiger partial charge in [-0.3, -0.25) is 14.4 Å². The smallest absolute Gasteiger partial charge is 0.246 e. The van der Waals surface area contributed by atoms with E-state index in [4.69, 9.17) is 4.74 Å². The van der Waals surface area contributed by atoms with Gasteiger partial charge in [-0.2, -0.15) is 0 Å². The van der Waals surface area contributed by atoms with Crippen LogP contribution in [0.4, 0.5) is 0 Å². The van der Waals surface area contributed by atoms with Crippen molar-refractivity contribution in [3.63, 3.8) is 0 Å². The Morgan fingerprint density at radius 2 is 1.97 bits per heavy atom. The molecule has 1 fully saturated rings. The first-order valence-electron chi connectivity index (χ1n) is 12.4. The second kappa shape index (κ2) is 11.4. The number of thiazole rings is 1. The van der Waals surface area contributed by atoms with Gasteiger partial charge in [0.15, 0.2) is 0 Å². The first kappa shape index (κ1) is 27.6. The summed E-state index contributed by atoms with van der Waals surface area (Å²) in [6.45, 7) is 13.8. The van der Waals surface area contributed by atoms with E-state index in [-0.39, 0.29) is 30.4 Å². The molecule has 1 aromatic carbocycles. The van der Waals surface area contributed by atoms with Crippen LogP contribution in [0.15, 0.2) is 23.7 Å². The van der Waals surface area contributed by atoms with Crippen LogP contribution in [-0.4, -0.2) is 52.3 Å². The maximum absolute atomic E-state index is 13.4. The SMILES string of the molecule is CC(=O)N[C@H](C(=O)N1CCC[C@H]1C(=O)NCc1ccc(-c2scnc2C)cc1OC(C)C)C(C)(C)C. The van der Waals surface area contributed by atoms with Crippen LogP contribution < -0.4 is 15.4 Å². The number of aryl methyl sites for hydroxylation is 1. The molecule has 0 saturated carbocycles. The Morgan fingerprint density at radius 3 is 2.56 bits per heavy atom. The van der Waals surface area contributed by atoms with Gasteiger partial charge in [-0.05, 0) is 50.7 Å². The van der Waals surface area contributed by atoms with E-state index in [1.54, 1.807) is 16.2 Å². The molecule has 0 bridgehead atoms. The molecule has 2 atom stereocenters. The van der Waals surface area contributed by atoms with Gasteiger partial charge in [-0.1, -0.05) is 32.9 Å². The minimum Gasteiger partial charge on any atom is -0.491 e. The van der Waals surface area contributed by atoms with Gasteiger partial charge in [0.25, 0.3) is 0 Å². The van der Waals surface area contributed by atoms with Crippen molar-refractivity contribution in [3.05, 3.63) is 35.0 Å². The van der Waals surface area contributed by atoms with Gasteiger partial charge in [-0.15, -0.1) is 11.3 Å². The molecular formula is C27H38N4O4S. The Hall–Kier alpha value is -2.94. The van der Waals surface area contributed by atoms with Crippen molar-refractivity contribution in [2.45, 2.75) is 86.0 Å². The Labute approximate surface area is 217 Å². The van der Waals surface area contributed by atoms with Crippen LogP contribution in [0.5, 0.6) is 5.75 Å². The van der Waals surface area contributed by atoms with Gasteiger partial charge < -0.3 is 20.3 Å². The molecule has 0 radical (unpaired) electrons. The average Bonchev–Trinajstić information content (AvgIpc) is 3.44. The number of rotatable bonds is 8. The second-order valence-corrected chi connectivity index (χ2v) is 11.5. The van der Waals surface area contributed by atoms with Crippen molar-refractivity contribution in [1.82, 2.24) is 20.5 Å². The summed E-state index contributed by atoms with van der Waals surface area (Å²) in [4.78, 5) is 45.4. The highest BCUT2D eigenvalue weighted by Crippen LogP contribution is 2.32. The number of carbonyl (C=O) groups is 3. The summed E-state index contributed by atoms with van der Waals surface area (Å²) in [7, 11) is 0. The fourth-order valence-corrected chi connectivity index (χ4v) is 5.21. The minimum atomic E-state index is -0.697. The standard InChI is InChI=1S/C27H38N4O4S/c1-16(2)35-22-13-19(23-17(3)29-15-36-23)10-11-20(22)14-28-25(33)21-9-8-12-31(21)26(34)24(27(5,6)7)30-18(4)32/h10-11,13,15-16,21,24H,8-9,12,14H2,1-7H3,(H,28,33)(H,30,32)/t21-,24+/m0/s1. The molecule has 196 valence electrons. The first-order chi connectivity index (χ1) is 16.9. The van der Waals surface area contributed by atoms with E-state index in [2.05, 4.69) is 15.6 Å². The van der Waals surface area contributed by atoms with E-state index in [1.165, 1.54) is 6.92 Å². The number of ether oxygens (including phenoxy) is 1. The third kappa shape index (κ3) is 6.63. The number of aromatic nitrogens is 1. The Balaban J connectivity index is 1.75. The topological polar surface area (TPSA) is 101 Å². The van der Waals surface area contributed by atoms with Gasteiger partial charge in [0.05, 0.1) is 22.2 Å². The molecule has 3 rings (SSSR count). The molecule has 1 aromatic heterocycles. The van der Waals surface area contributed by atoms with E-state index < -0.39 is 17.5 Å². The highest BCUT2D eigenvalue weighted by molar-refractivity contribution is 7.13. The van der Waals surface area contributed by atoms with Crippen molar-refractivity contribution in [2.24, 2.45) is 5.41 Å². The number of amides is 3. The third-order valence-electron chi connectivity index (χ3n) is 6.19. The minimum absolute atomic E-state index is 0.0247. The second-order valence-electron chi connectivity index (χ2n) is 10.7. The Bertz CT molecular complexity index is 1110. The molecule has 1 saturated heterocycles. The number of carbonyl (C=O) groups excluding carboxylic acids is 3. The van der Waals surface area contributed by atoms with Crippen molar-refractivity contribution >= 4 is 29.1 Å². The lowest BCUT2D eigenvalue weighted by Gasteiger charge is -2.35. The molecule has 0 aliphatic carbocycles. The number of nitrogens with one attached hydrogen (secondary N) is 2. The van der Waals surface area contributed by atoms with Gasteiger partial charge in [0.1, 0.15) is 17.8 Å². The number of benzene rings is 1. The van der Waals surface area contributed by atoms with Crippen LogP contribution >= 0.6 is 11.3 Å². The number of likely N-dealkylation sites (tertiary alicyclic amines) is 1. The maximum Gasteiger partial charge on any atom is 0.246 e. The molecule has 1 aliphatic rings. The van der Waals surface area contributed by atoms with Crippen molar-refractivity contribution in [2.75, 3.05) is 6.54 Å². The molecule has 9 heteroatoms. The summed E-state index contributed by atoms with van der Waals surface area (Å²) in [6, 6.07) is 4.72. The Morgan fingerprint density at radius 1 is 1.25 bits per heavy atom. The fraction of sp³-hybridized carbons (Fsp3) is 0.556. The summed E-state index contributed by atoms with van der Waals surface area (Å²) in [5, 5.41) is 5.79. The van der Waals surface area contributed by atoms with Crippen LogP contribution in [0.2, 0.25) is 0 Å². The summed E-state index contributed by atoms with van der Waals surface area (Å²) in [6.07, 6.45) is 1.31. The zero-order chi connectivity index (χ0) is 26.6. The van der Waals surface area contributed by atoms with Crippen LogP contribution in [-0.2, 0) is 20.9 Å². The predicted molar refractivity (Wildman–Crippen MR) is 142 cm³/mol. The van der Waals surface area contributed by atoms with Crippen molar-refractivity contribution in [1.29, 1.82) is 0 Å². The zero-order valence-corrected chi connectivity index (χ0v) is 23.1. The van der Waals surface area contributed by atoms with E-state index >= 15 is 0 Å². The highest BCUT2D eigenvalue weighted by Gasteiger charge is 2.41. The largest absolute Gasteiger partial charge is 0.491 e. The molecule has 1 aliphatic heterocycles. The van der Waals surface area contributed by atoms with Crippen molar-refractivity contribution < 1.29 is 19.1 Å². The summed E-state index contributed by atoms with van der Waals surface area (Å²) in [5.41, 5.74) is 4.21. The van der Waals surface area contributed by atoms with Crippen LogP contribution in [0.3, 0.4) is 0 Å². The molecule has 2 N–H and O–H groups in total. The lowest BCUT2D eigenvalue weighted by molar-refractivity contribution is -0.143. The lowest BCUT2D eigenvalue weighted by Crippen LogP contribution is -2.57. The quantitative estimate of drug-likeness (QED) is 0.553. The van der Waals surface area contributed by atoms with E-state index in [9.17, 15) is 14.4 Å². The van der Waals surface area contributed by atoms with Gasteiger partial charge >= 0.3 is 0 Å². The molecule has 0 unspecified atom stereocenters. The van der Waals surface area contributed by atoms with Gasteiger partial charge in [-0.25, -0.2) is 4.98 Å². The maximum atomic E-state index is 13.4. The van der Waals surface area contributed by atoms with Crippen molar-refractivity contribution in [3.8, 4) is 16.2 Å². The molecular weight excluding hydrogens is 476 g/mol. The first-order valence-corrected chi connectivity index (χ1v) is 13.3.